The van der Waals surface area contributed by atoms with Gasteiger partial charge in [0.15, 0.2) is 0 Å². The normalized spacial score (nSPS) is 10.6. The van der Waals surface area contributed by atoms with Gasteiger partial charge in [0.05, 0.1) is 11.9 Å². The second-order valence-corrected chi connectivity index (χ2v) is 4.83. The molecule has 3 rings (SSSR count). The van der Waals surface area contributed by atoms with Crippen LogP contribution in [0.1, 0.15) is 5.56 Å². The van der Waals surface area contributed by atoms with Crippen molar-refractivity contribution >= 4 is 11.6 Å². The van der Waals surface area contributed by atoms with Gasteiger partial charge >= 0.3 is 0 Å². The Morgan fingerprint density at radius 2 is 1.63 bits per heavy atom. The van der Waals surface area contributed by atoms with Crippen LogP contribution < -0.4 is 0 Å². The van der Waals surface area contributed by atoms with Gasteiger partial charge in [-0.05, 0) is 31.2 Å². The van der Waals surface area contributed by atoms with Crippen molar-refractivity contribution in [1.29, 1.82) is 0 Å². The van der Waals surface area contributed by atoms with E-state index in [0.717, 1.165) is 16.9 Å². The van der Waals surface area contributed by atoms with Crippen LogP contribution in [0.2, 0.25) is 5.02 Å². The second-order valence-electron chi connectivity index (χ2n) is 4.39. The first-order valence-corrected chi connectivity index (χ1v) is 6.35. The third-order valence-electron chi connectivity index (χ3n) is 2.93. The fourth-order valence-electron chi connectivity index (χ4n) is 1.84. The van der Waals surface area contributed by atoms with Gasteiger partial charge in [0.2, 0.25) is 0 Å². The number of aromatic nitrogens is 3. The summed E-state index contributed by atoms with van der Waals surface area (Å²) in [5, 5.41) is 9.04. The van der Waals surface area contributed by atoms with Gasteiger partial charge in [0.25, 0.3) is 0 Å². The van der Waals surface area contributed by atoms with Crippen LogP contribution in [-0.2, 0) is 0 Å². The topological polar surface area (TPSA) is 30.7 Å². The van der Waals surface area contributed by atoms with Crippen LogP contribution in [0.3, 0.4) is 0 Å². The number of hydrogen-bond acceptors (Lipinski definition) is 2. The molecule has 4 heteroatoms. The Balaban J connectivity index is 1.95. The average Bonchev–Trinajstić information content (AvgIpc) is 2.90. The molecule has 0 saturated heterocycles. The molecule has 0 amide bonds. The lowest BCUT2D eigenvalue weighted by Gasteiger charge is -1.99. The number of halogens is 1. The fraction of sp³-hybridized carbons (Fsp3) is 0.0667. The van der Waals surface area contributed by atoms with E-state index in [4.69, 9.17) is 11.6 Å². The van der Waals surface area contributed by atoms with Gasteiger partial charge in [-0.2, -0.15) is 0 Å². The van der Waals surface area contributed by atoms with Crippen LogP contribution in [0.5, 0.6) is 0 Å². The SMILES string of the molecule is Cc1ccc(-c2cn(-c3ccc(Cl)cc3)nn2)cc1. The highest BCUT2D eigenvalue weighted by Crippen LogP contribution is 2.19. The molecule has 0 radical (unpaired) electrons. The largest absolute Gasteiger partial charge is 0.220 e. The molecule has 0 N–H and O–H groups in total. The van der Waals surface area contributed by atoms with E-state index in [9.17, 15) is 0 Å². The summed E-state index contributed by atoms with van der Waals surface area (Å²) < 4.78 is 1.74. The summed E-state index contributed by atoms with van der Waals surface area (Å²) in [4.78, 5) is 0. The molecule has 0 bridgehead atoms. The molecular weight excluding hydrogens is 258 g/mol. The van der Waals surface area contributed by atoms with Crippen molar-refractivity contribution in [2.75, 3.05) is 0 Å². The number of benzene rings is 2. The monoisotopic (exact) mass is 269 g/mol. The Hall–Kier alpha value is -2.13. The lowest BCUT2D eigenvalue weighted by Crippen LogP contribution is -1.93. The van der Waals surface area contributed by atoms with Gasteiger partial charge in [0, 0.05) is 10.6 Å². The smallest absolute Gasteiger partial charge is 0.113 e. The van der Waals surface area contributed by atoms with Gasteiger partial charge in [-0.25, -0.2) is 4.68 Å². The number of rotatable bonds is 2. The zero-order valence-corrected chi connectivity index (χ0v) is 11.2. The summed E-state index contributed by atoms with van der Waals surface area (Å²) in [5.74, 6) is 0. The van der Waals surface area contributed by atoms with Gasteiger partial charge in [0.1, 0.15) is 5.69 Å². The fourth-order valence-corrected chi connectivity index (χ4v) is 1.97. The van der Waals surface area contributed by atoms with Gasteiger partial charge in [-0.1, -0.05) is 46.6 Å². The predicted octanol–water partition coefficient (Wildman–Crippen LogP) is 3.90. The van der Waals surface area contributed by atoms with E-state index in [2.05, 4.69) is 29.4 Å². The number of hydrogen-bond donors (Lipinski definition) is 0. The van der Waals surface area contributed by atoms with Crippen molar-refractivity contribution < 1.29 is 0 Å². The first-order valence-electron chi connectivity index (χ1n) is 5.98. The molecule has 94 valence electrons. The molecule has 1 heterocycles. The van der Waals surface area contributed by atoms with E-state index in [0.29, 0.717) is 5.02 Å². The Morgan fingerprint density at radius 1 is 0.947 bits per heavy atom. The molecule has 0 aliphatic heterocycles. The molecule has 1 aromatic heterocycles. The van der Waals surface area contributed by atoms with Crippen molar-refractivity contribution in [3.8, 4) is 16.9 Å². The summed E-state index contributed by atoms with van der Waals surface area (Å²) >= 11 is 5.87. The second kappa shape index (κ2) is 4.86. The highest BCUT2D eigenvalue weighted by Gasteiger charge is 2.04. The number of aryl methyl sites for hydroxylation is 1. The van der Waals surface area contributed by atoms with Crippen LogP contribution in [0.15, 0.2) is 54.7 Å². The van der Waals surface area contributed by atoms with E-state index < -0.39 is 0 Å². The van der Waals surface area contributed by atoms with E-state index in [1.165, 1.54) is 5.56 Å². The zero-order chi connectivity index (χ0) is 13.2. The van der Waals surface area contributed by atoms with E-state index >= 15 is 0 Å². The summed E-state index contributed by atoms with van der Waals surface area (Å²) in [7, 11) is 0. The molecule has 0 spiro atoms. The molecule has 2 aromatic carbocycles. The van der Waals surface area contributed by atoms with Crippen molar-refractivity contribution in [3.63, 3.8) is 0 Å². The molecule has 0 aliphatic carbocycles. The molecule has 0 fully saturated rings. The molecule has 0 saturated carbocycles. The van der Waals surface area contributed by atoms with Gasteiger partial charge < -0.3 is 0 Å². The summed E-state index contributed by atoms with van der Waals surface area (Å²) in [6.45, 7) is 2.06. The summed E-state index contributed by atoms with van der Waals surface area (Å²) in [6, 6.07) is 15.7. The molecule has 0 aliphatic rings. The van der Waals surface area contributed by atoms with E-state index in [1.54, 1.807) is 4.68 Å². The Morgan fingerprint density at radius 3 is 2.32 bits per heavy atom. The van der Waals surface area contributed by atoms with Crippen molar-refractivity contribution in [2.24, 2.45) is 0 Å². The van der Waals surface area contributed by atoms with Crippen molar-refractivity contribution in [3.05, 3.63) is 65.3 Å². The molecule has 0 unspecified atom stereocenters. The van der Waals surface area contributed by atoms with Gasteiger partial charge in [-0.15, -0.1) is 5.10 Å². The average molecular weight is 270 g/mol. The molecule has 3 nitrogen and oxygen atoms in total. The maximum absolute atomic E-state index is 5.87. The minimum Gasteiger partial charge on any atom is -0.220 e. The molecule has 19 heavy (non-hydrogen) atoms. The summed E-state index contributed by atoms with van der Waals surface area (Å²) in [5.41, 5.74) is 4.09. The third kappa shape index (κ3) is 2.51. The van der Waals surface area contributed by atoms with Crippen LogP contribution in [-0.4, -0.2) is 15.0 Å². The first-order chi connectivity index (χ1) is 9.22. The van der Waals surface area contributed by atoms with Crippen molar-refractivity contribution in [1.82, 2.24) is 15.0 Å². The van der Waals surface area contributed by atoms with Crippen LogP contribution in [0.4, 0.5) is 0 Å². The summed E-state index contributed by atoms with van der Waals surface area (Å²) in [6.07, 6.45) is 1.91. The lowest BCUT2D eigenvalue weighted by molar-refractivity contribution is 0.804. The van der Waals surface area contributed by atoms with Crippen LogP contribution in [0, 0.1) is 6.92 Å². The highest BCUT2D eigenvalue weighted by atomic mass is 35.5. The zero-order valence-electron chi connectivity index (χ0n) is 10.4. The Bertz CT molecular complexity index is 624. The standard InChI is InChI=1S/C15H12ClN3/c1-11-2-4-12(5-3-11)15-10-19(18-17-15)14-8-6-13(16)7-9-14/h2-10H,1H3. The third-order valence-corrected chi connectivity index (χ3v) is 3.18. The minimum absolute atomic E-state index is 0.711. The quantitative estimate of drug-likeness (QED) is 0.706. The highest BCUT2D eigenvalue weighted by molar-refractivity contribution is 6.30. The molecular formula is C15H12ClN3. The van der Waals surface area contributed by atoms with E-state index in [-0.39, 0.29) is 0 Å². The minimum atomic E-state index is 0.711. The Labute approximate surface area is 116 Å². The van der Waals surface area contributed by atoms with Crippen LogP contribution in [0.25, 0.3) is 16.9 Å². The maximum Gasteiger partial charge on any atom is 0.113 e. The first kappa shape index (κ1) is 11.9. The Kier molecular flexibility index (Phi) is 3.05. The van der Waals surface area contributed by atoms with Crippen LogP contribution >= 0.6 is 11.6 Å². The van der Waals surface area contributed by atoms with Gasteiger partial charge in [-0.3, -0.25) is 0 Å². The molecule has 0 atom stereocenters. The number of nitrogens with zero attached hydrogens (tertiary/aromatic N) is 3. The van der Waals surface area contributed by atoms with Crippen molar-refractivity contribution in [2.45, 2.75) is 6.92 Å². The lowest BCUT2D eigenvalue weighted by atomic mass is 10.1. The predicted molar refractivity (Wildman–Crippen MR) is 76.5 cm³/mol. The van der Waals surface area contributed by atoms with E-state index in [1.807, 2.05) is 42.6 Å². The maximum atomic E-state index is 5.87. The molecule has 3 aromatic rings.